The van der Waals surface area contributed by atoms with Gasteiger partial charge in [-0.25, -0.2) is 0 Å². The standard InChI is InChI=1S/C16H26N2O2/c1-11(12-7-9-13(20-6)10-8-12)18-14(19)15(2,3)16(4,5)17/h7-11H,17H2,1-6H3,(H,18,19)/t11-/m1/s1. The van der Waals surface area contributed by atoms with Gasteiger partial charge in [0.1, 0.15) is 5.75 Å². The highest BCUT2D eigenvalue weighted by molar-refractivity contribution is 5.83. The average Bonchev–Trinajstić information content (AvgIpc) is 2.37. The van der Waals surface area contributed by atoms with Crippen molar-refractivity contribution in [2.45, 2.75) is 46.2 Å². The minimum Gasteiger partial charge on any atom is -0.497 e. The molecular weight excluding hydrogens is 252 g/mol. The van der Waals surface area contributed by atoms with Gasteiger partial charge in [0.25, 0.3) is 0 Å². The first kappa shape index (κ1) is 16.5. The van der Waals surface area contributed by atoms with Crippen LogP contribution in [-0.2, 0) is 4.79 Å². The van der Waals surface area contributed by atoms with Gasteiger partial charge in [0.15, 0.2) is 0 Å². The van der Waals surface area contributed by atoms with Crippen LogP contribution in [0.2, 0.25) is 0 Å². The largest absolute Gasteiger partial charge is 0.497 e. The molecule has 1 aromatic carbocycles. The Morgan fingerprint density at radius 3 is 2.10 bits per heavy atom. The molecule has 4 nitrogen and oxygen atoms in total. The number of rotatable bonds is 5. The van der Waals surface area contributed by atoms with Crippen LogP contribution in [-0.4, -0.2) is 18.6 Å². The lowest BCUT2D eigenvalue weighted by Gasteiger charge is -2.37. The van der Waals surface area contributed by atoms with Crippen LogP contribution >= 0.6 is 0 Å². The van der Waals surface area contributed by atoms with Crippen molar-refractivity contribution in [3.8, 4) is 5.75 Å². The molecular formula is C16H26N2O2. The Labute approximate surface area is 121 Å². The molecule has 0 bridgehead atoms. The zero-order valence-electron chi connectivity index (χ0n) is 13.3. The van der Waals surface area contributed by atoms with Gasteiger partial charge in [-0.3, -0.25) is 4.79 Å². The smallest absolute Gasteiger partial charge is 0.227 e. The van der Waals surface area contributed by atoms with Crippen LogP contribution in [0.25, 0.3) is 0 Å². The summed E-state index contributed by atoms with van der Waals surface area (Å²) in [6.07, 6.45) is 0. The summed E-state index contributed by atoms with van der Waals surface area (Å²) in [6.45, 7) is 9.42. The molecule has 20 heavy (non-hydrogen) atoms. The summed E-state index contributed by atoms with van der Waals surface area (Å²) in [6, 6.07) is 7.59. The Morgan fingerprint density at radius 2 is 1.70 bits per heavy atom. The zero-order chi connectivity index (χ0) is 15.6. The van der Waals surface area contributed by atoms with Crippen LogP contribution in [0, 0.1) is 5.41 Å². The lowest BCUT2D eigenvalue weighted by Crippen LogP contribution is -2.55. The molecule has 1 atom stereocenters. The number of nitrogens with one attached hydrogen (secondary N) is 1. The van der Waals surface area contributed by atoms with Crippen LogP contribution in [0.15, 0.2) is 24.3 Å². The van der Waals surface area contributed by atoms with Crippen LogP contribution in [0.1, 0.15) is 46.2 Å². The second-order valence-corrected chi connectivity index (χ2v) is 6.31. The number of amides is 1. The topological polar surface area (TPSA) is 64.3 Å². The Balaban J connectivity index is 2.79. The molecule has 0 saturated carbocycles. The Hall–Kier alpha value is -1.55. The highest BCUT2D eigenvalue weighted by atomic mass is 16.5. The van der Waals surface area contributed by atoms with E-state index in [1.165, 1.54) is 0 Å². The maximum Gasteiger partial charge on any atom is 0.227 e. The molecule has 1 rings (SSSR count). The Bertz CT molecular complexity index is 458. The maximum atomic E-state index is 12.4. The van der Waals surface area contributed by atoms with Gasteiger partial charge in [-0.1, -0.05) is 12.1 Å². The average molecular weight is 278 g/mol. The molecule has 0 fully saturated rings. The molecule has 0 aliphatic heterocycles. The second kappa shape index (κ2) is 5.83. The van der Waals surface area contributed by atoms with E-state index in [-0.39, 0.29) is 11.9 Å². The van der Waals surface area contributed by atoms with Crippen molar-refractivity contribution in [1.29, 1.82) is 0 Å². The third kappa shape index (κ3) is 3.51. The highest BCUT2D eigenvalue weighted by Gasteiger charge is 2.40. The van der Waals surface area contributed by atoms with E-state index in [4.69, 9.17) is 10.5 Å². The van der Waals surface area contributed by atoms with E-state index in [0.717, 1.165) is 11.3 Å². The van der Waals surface area contributed by atoms with E-state index in [1.54, 1.807) is 7.11 Å². The van der Waals surface area contributed by atoms with E-state index in [1.807, 2.05) is 58.9 Å². The van der Waals surface area contributed by atoms with Crippen LogP contribution in [0.3, 0.4) is 0 Å². The van der Waals surface area contributed by atoms with Crippen molar-refractivity contribution in [3.63, 3.8) is 0 Å². The molecule has 1 amide bonds. The van der Waals surface area contributed by atoms with E-state index in [9.17, 15) is 4.79 Å². The van der Waals surface area contributed by atoms with Gasteiger partial charge in [-0.05, 0) is 52.3 Å². The summed E-state index contributed by atoms with van der Waals surface area (Å²) < 4.78 is 5.13. The van der Waals surface area contributed by atoms with Gasteiger partial charge in [0.05, 0.1) is 18.6 Å². The number of methoxy groups -OCH3 is 1. The third-order valence-electron chi connectivity index (χ3n) is 4.14. The first-order chi connectivity index (χ1) is 9.09. The number of ether oxygens (including phenoxy) is 1. The monoisotopic (exact) mass is 278 g/mol. The summed E-state index contributed by atoms with van der Waals surface area (Å²) >= 11 is 0. The van der Waals surface area contributed by atoms with Gasteiger partial charge < -0.3 is 15.8 Å². The summed E-state index contributed by atoms with van der Waals surface area (Å²) in [5.74, 6) is 0.754. The molecule has 0 spiro atoms. The molecule has 1 aromatic rings. The summed E-state index contributed by atoms with van der Waals surface area (Å²) in [5, 5.41) is 3.02. The van der Waals surface area contributed by atoms with Crippen molar-refractivity contribution in [3.05, 3.63) is 29.8 Å². The molecule has 0 unspecified atom stereocenters. The van der Waals surface area contributed by atoms with Gasteiger partial charge >= 0.3 is 0 Å². The normalized spacial score (nSPS) is 13.8. The fraction of sp³-hybridized carbons (Fsp3) is 0.562. The Morgan fingerprint density at radius 1 is 1.20 bits per heavy atom. The van der Waals surface area contributed by atoms with Crippen LogP contribution in [0.5, 0.6) is 5.75 Å². The van der Waals surface area contributed by atoms with Gasteiger partial charge in [-0.15, -0.1) is 0 Å². The fourth-order valence-corrected chi connectivity index (χ4v) is 1.65. The quantitative estimate of drug-likeness (QED) is 0.870. The van der Waals surface area contributed by atoms with Crippen molar-refractivity contribution >= 4 is 5.91 Å². The van der Waals surface area contributed by atoms with Crippen molar-refractivity contribution in [2.24, 2.45) is 11.1 Å². The van der Waals surface area contributed by atoms with Gasteiger partial charge in [-0.2, -0.15) is 0 Å². The third-order valence-corrected chi connectivity index (χ3v) is 4.14. The number of benzene rings is 1. The summed E-state index contributed by atoms with van der Waals surface area (Å²) in [4.78, 5) is 12.4. The minimum atomic E-state index is -0.645. The second-order valence-electron chi connectivity index (χ2n) is 6.31. The molecule has 0 aliphatic rings. The van der Waals surface area contributed by atoms with Crippen molar-refractivity contribution in [2.75, 3.05) is 7.11 Å². The summed E-state index contributed by atoms with van der Waals surface area (Å²) in [5.41, 5.74) is 5.89. The lowest BCUT2D eigenvalue weighted by molar-refractivity contribution is -0.132. The molecule has 0 saturated heterocycles. The number of hydrogen-bond donors (Lipinski definition) is 2. The molecule has 0 aromatic heterocycles. The molecule has 0 heterocycles. The predicted octanol–water partition coefficient (Wildman–Crippen LogP) is 2.64. The molecule has 0 radical (unpaired) electrons. The van der Waals surface area contributed by atoms with Crippen LogP contribution in [0.4, 0.5) is 0 Å². The first-order valence-corrected chi connectivity index (χ1v) is 6.83. The number of hydrogen-bond acceptors (Lipinski definition) is 3. The van der Waals surface area contributed by atoms with Crippen molar-refractivity contribution in [1.82, 2.24) is 5.32 Å². The Kier molecular flexibility index (Phi) is 4.81. The number of carbonyl (C=O) groups excluding carboxylic acids is 1. The van der Waals surface area contributed by atoms with E-state index in [2.05, 4.69) is 5.32 Å². The predicted molar refractivity (Wildman–Crippen MR) is 81.6 cm³/mol. The molecule has 0 aliphatic carbocycles. The van der Waals surface area contributed by atoms with E-state index >= 15 is 0 Å². The SMILES string of the molecule is COc1ccc([C@@H](C)NC(=O)C(C)(C)C(C)(C)N)cc1. The fourth-order valence-electron chi connectivity index (χ4n) is 1.65. The lowest BCUT2D eigenvalue weighted by atomic mass is 9.74. The maximum absolute atomic E-state index is 12.4. The van der Waals surface area contributed by atoms with Gasteiger partial charge in [0.2, 0.25) is 5.91 Å². The number of nitrogens with two attached hydrogens (primary N) is 1. The molecule has 3 N–H and O–H groups in total. The van der Waals surface area contributed by atoms with E-state index in [0.29, 0.717) is 0 Å². The van der Waals surface area contributed by atoms with Crippen LogP contribution < -0.4 is 15.8 Å². The van der Waals surface area contributed by atoms with Gasteiger partial charge in [0, 0.05) is 5.54 Å². The first-order valence-electron chi connectivity index (χ1n) is 6.83. The zero-order valence-corrected chi connectivity index (χ0v) is 13.3. The highest BCUT2D eigenvalue weighted by Crippen LogP contribution is 2.29. The summed E-state index contributed by atoms with van der Waals surface area (Å²) in [7, 11) is 1.63. The molecule has 4 heteroatoms. The number of carbonyl (C=O) groups is 1. The van der Waals surface area contributed by atoms with Crippen molar-refractivity contribution < 1.29 is 9.53 Å². The minimum absolute atomic E-state index is 0.0479. The van der Waals surface area contributed by atoms with E-state index < -0.39 is 11.0 Å². The molecule has 112 valence electrons.